The van der Waals surface area contributed by atoms with Gasteiger partial charge in [-0.3, -0.25) is 0 Å². The lowest BCUT2D eigenvalue weighted by molar-refractivity contribution is 0.369. The molecular formula is C24H30N4O4. The van der Waals surface area contributed by atoms with Gasteiger partial charge < -0.3 is 29.3 Å². The molecule has 2 aromatic carbocycles. The number of aromatic nitrogens is 1. The second-order valence-corrected chi connectivity index (χ2v) is 7.07. The summed E-state index contributed by atoms with van der Waals surface area (Å²) in [5, 5.41) is 6.53. The second-order valence-electron chi connectivity index (χ2n) is 7.07. The van der Waals surface area contributed by atoms with Gasteiger partial charge in [0.25, 0.3) is 0 Å². The molecule has 170 valence electrons. The number of aryl methyl sites for hydroxylation is 1. The molecule has 0 amide bonds. The van der Waals surface area contributed by atoms with Crippen molar-refractivity contribution in [1.29, 1.82) is 0 Å². The third-order valence-corrected chi connectivity index (χ3v) is 4.84. The number of hydrogen-bond acceptors (Lipinski definition) is 6. The van der Waals surface area contributed by atoms with Gasteiger partial charge in [0.1, 0.15) is 23.5 Å². The van der Waals surface area contributed by atoms with Gasteiger partial charge in [-0.2, -0.15) is 0 Å². The molecule has 1 heterocycles. The quantitative estimate of drug-likeness (QED) is 0.386. The molecule has 3 rings (SSSR count). The van der Waals surface area contributed by atoms with E-state index in [1.54, 1.807) is 27.6 Å². The number of hydrogen-bond donors (Lipinski definition) is 2. The van der Waals surface area contributed by atoms with E-state index in [-0.39, 0.29) is 0 Å². The molecular weight excluding hydrogens is 408 g/mol. The number of methoxy groups -OCH3 is 3. The first-order valence-electron chi connectivity index (χ1n) is 10.4. The summed E-state index contributed by atoms with van der Waals surface area (Å²) in [5.41, 5.74) is 3.75. The molecule has 3 aromatic rings. The standard InChI is InChI=1S/C24H30N4O4/c1-6-25-24(27-14-20-21(30-4)11-19(29-3)12-22(20)31-5)26-13-18-15-32-23(28-18)17-9-7-16(2)8-10-17/h7-12,15H,6,13-14H2,1-5H3,(H2,25,26,27). The highest BCUT2D eigenvalue weighted by Gasteiger charge is 2.13. The molecule has 0 radical (unpaired) electrons. The van der Waals surface area contributed by atoms with Crippen LogP contribution in [0.25, 0.3) is 11.5 Å². The van der Waals surface area contributed by atoms with Crippen molar-refractivity contribution in [2.75, 3.05) is 27.9 Å². The van der Waals surface area contributed by atoms with Crippen molar-refractivity contribution in [3.63, 3.8) is 0 Å². The van der Waals surface area contributed by atoms with Crippen molar-refractivity contribution in [3.05, 3.63) is 59.5 Å². The van der Waals surface area contributed by atoms with E-state index >= 15 is 0 Å². The van der Waals surface area contributed by atoms with E-state index in [2.05, 4.69) is 20.6 Å². The molecule has 0 unspecified atom stereocenters. The van der Waals surface area contributed by atoms with Crippen molar-refractivity contribution in [3.8, 4) is 28.7 Å². The van der Waals surface area contributed by atoms with Crippen LogP contribution in [-0.4, -0.2) is 38.8 Å². The lowest BCUT2D eigenvalue weighted by Crippen LogP contribution is -2.36. The molecule has 8 nitrogen and oxygen atoms in total. The summed E-state index contributed by atoms with van der Waals surface area (Å²) in [5.74, 6) is 3.20. The zero-order valence-electron chi connectivity index (χ0n) is 19.2. The number of nitrogens with zero attached hydrogens (tertiary/aromatic N) is 2. The summed E-state index contributed by atoms with van der Waals surface area (Å²) in [6.07, 6.45) is 1.65. The van der Waals surface area contributed by atoms with Crippen LogP contribution < -0.4 is 24.8 Å². The maximum Gasteiger partial charge on any atom is 0.226 e. The van der Waals surface area contributed by atoms with Crippen LogP contribution in [-0.2, 0) is 13.1 Å². The molecule has 2 N–H and O–H groups in total. The second kappa shape index (κ2) is 11.1. The van der Waals surface area contributed by atoms with Crippen molar-refractivity contribution in [2.24, 2.45) is 4.99 Å². The van der Waals surface area contributed by atoms with Gasteiger partial charge in [0.2, 0.25) is 5.89 Å². The summed E-state index contributed by atoms with van der Waals surface area (Å²) >= 11 is 0. The first kappa shape index (κ1) is 23.0. The van der Waals surface area contributed by atoms with E-state index in [1.807, 2.05) is 50.2 Å². The first-order valence-corrected chi connectivity index (χ1v) is 10.4. The van der Waals surface area contributed by atoms with E-state index in [1.165, 1.54) is 5.56 Å². The number of ether oxygens (including phenoxy) is 3. The number of nitrogens with one attached hydrogen (secondary N) is 2. The predicted octanol–water partition coefficient (Wildman–Crippen LogP) is 3.93. The van der Waals surface area contributed by atoms with Crippen molar-refractivity contribution >= 4 is 5.96 Å². The number of rotatable bonds is 9. The normalized spacial score (nSPS) is 11.2. The molecule has 0 fully saturated rings. The van der Waals surface area contributed by atoms with Gasteiger partial charge in [-0.15, -0.1) is 0 Å². The Balaban J connectivity index is 1.72. The average molecular weight is 439 g/mol. The van der Waals surface area contributed by atoms with Gasteiger partial charge in [-0.1, -0.05) is 17.7 Å². The molecule has 0 saturated heterocycles. The van der Waals surface area contributed by atoms with E-state index < -0.39 is 0 Å². The van der Waals surface area contributed by atoms with Gasteiger partial charge in [0, 0.05) is 24.2 Å². The third-order valence-electron chi connectivity index (χ3n) is 4.84. The molecule has 0 atom stereocenters. The van der Waals surface area contributed by atoms with Crippen LogP contribution >= 0.6 is 0 Å². The van der Waals surface area contributed by atoms with Crippen molar-refractivity contribution in [2.45, 2.75) is 26.9 Å². The van der Waals surface area contributed by atoms with Gasteiger partial charge in [0.05, 0.1) is 45.7 Å². The minimum absolute atomic E-state index is 0.360. The molecule has 8 heteroatoms. The largest absolute Gasteiger partial charge is 0.496 e. The summed E-state index contributed by atoms with van der Waals surface area (Å²) < 4.78 is 22.0. The minimum atomic E-state index is 0.360. The fourth-order valence-corrected chi connectivity index (χ4v) is 3.12. The van der Waals surface area contributed by atoms with Crippen LogP contribution in [0.2, 0.25) is 0 Å². The molecule has 1 aromatic heterocycles. The lowest BCUT2D eigenvalue weighted by Gasteiger charge is -2.15. The monoisotopic (exact) mass is 438 g/mol. The summed E-state index contributed by atoms with van der Waals surface area (Å²) in [4.78, 5) is 9.25. The van der Waals surface area contributed by atoms with E-state index in [0.717, 1.165) is 23.4 Å². The zero-order valence-corrected chi connectivity index (χ0v) is 19.2. The van der Waals surface area contributed by atoms with Gasteiger partial charge in [0.15, 0.2) is 5.96 Å². The number of benzene rings is 2. The zero-order chi connectivity index (χ0) is 22.9. The molecule has 0 aliphatic rings. The fraction of sp³-hybridized carbons (Fsp3) is 0.333. The number of guanidine groups is 1. The highest BCUT2D eigenvalue weighted by atomic mass is 16.5. The topological polar surface area (TPSA) is 90.1 Å². The summed E-state index contributed by atoms with van der Waals surface area (Å²) in [6, 6.07) is 11.7. The molecule has 0 bridgehead atoms. The Bertz CT molecular complexity index is 1020. The number of aliphatic imine (C=N–C) groups is 1. The van der Waals surface area contributed by atoms with E-state index in [9.17, 15) is 0 Å². The molecule has 32 heavy (non-hydrogen) atoms. The predicted molar refractivity (Wildman–Crippen MR) is 124 cm³/mol. The maximum absolute atomic E-state index is 5.64. The Morgan fingerprint density at radius 3 is 2.28 bits per heavy atom. The first-order chi connectivity index (χ1) is 15.6. The smallest absolute Gasteiger partial charge is 0.226 e. The summed E-state index contributed by atoms with van der Waals surface area (Å²) in [6.45, 7) is 5.61. The molecule has 0 aliphatic heterocycles. The molecule has 0 aliphatic carbocycles. The Morgan fingerprint density at radius 1 is 1.00 bits per heavy atom. The van der Waals surface area contributed by atoms with Crippen LogP contribution in [0.5, 0.6) is 17.2 Å². The van der Waals surface area contributed by atoms with Crippen molar-refractivity contribution < 1.29 is 18.6 Å². The van der Waals surface area contributed by atoms with E-state index in [0.29, 0.717) is 42.2 Å². The van der Waals surface area contributed by atoms with Gasteiger partial charge in [-0.25, -0.2) is 9.98 Å². The Labute approximate surface area is 188 Å². The lowest BCUT2D eigenvalue weighted by atomic mass is 10.1. The minimum Gasteiger partial charge on any atom is -0.496 e. The summed E-state index contributed by atoms with van der Waals surface area (Å²) in [7, 11) is 4.83. The van der Waals surface area contributed by atoms with Gasteiger partial charge in [-0.05, 0) is 26.0 Å². The van der Waals surface area contributed by atoms with Crippen LogP contribution in [0.4, 0.5) is 0 Å². The molecule has 0 saturated carbocycles. The number of oxazole rings is 1. The third kappa shape index (κ3) is 5.72. The Hall–Kier alpha value is -3.68. The maximum atomic E-state index is 5.64. The SMILES string of the molecule is CCNC(=NCc1c(OC)cc(OC)cc1OC)NCc1coc(-c2ccc(C)cc2)n1. The van der Waals surface area contributed by atoms with E-state index in [4.69, 9.17) is 18.6 Å². The van der Waals surface area contributed by atoms with Crippen LogP contribution in [0.1, 0.15) is 23.7 Å². The fourth-order valence-electron chi connectivity index (χ4n) is 3.12. The Morgan fingerprint density at radius 2 is 1.69 bits per heavy atom. The van der Waals surface area contributed by atoms with Crippen LogP contribution in [0.15, 0.2) is 52.1 Å². The van der Waals surface area contributed by atoms with Crippen LogP contribution in [0.3, 0.4) is 0 Å². The van der Waals surface area contributed by atoms with Crippen LogP contribution in [0, 0.1) is 6.92 Å². The molecule has 0 spiro atoms. The van der Waals surface area contributed by atoms with Crippen molar-refractivity contribution in [1.82, 2.24) is 15.6 Å². The Kier molecular flexibility index (Phi) is 7.96. The highest BCUT2D eigenvalue weighted by molar-refractivity contribution is 5.79. The van der Waals surface area contributed by atoms with Gasteiger partial charge >= 0.3 is 0 Å². The highest BCUT2D eigenvalue weighted by Crippen LogP contribution is 2.34. The average Bonchev–Trinajstić information content (AvgIpc) is 3.29.